The molecule has 2 N–H and O–H groups in total. The lowest BCUT2D eigenvalue weighted by atomic mass is 9.81. The zero-order chi connectivity index (χ0) is 10.2. The number of urea groups is 1. The van der Waals surface area contributed by atoms with Crippen LogP contribution in [0.5, 0.6) is 0 Å². The maximum absolute atomic E-state index is 11.7. The summed E-state index contributed by atoms with van der Waals surface area (Å²) in [5.74, 6) is 0. The van der Waals surface area contributed by atoms with E-state index in [4.69, 9.17) is 0 Å². The van der Waals surface area contributed by atoms with Gasteiger partial charge < -0.3 is 15.5 Å². The summed E-state index contributed by atoms with van der Waals surface area (Å²) < 4.78 is 0. The molecule has 0 aliphatic carbocycles. The molecule has 2 fully saturated rings. The molecule has 14 heavy (non-hydrogen) atoms. The molecule has 0 atom stereocenters. The van der Waals surface area contributed by atoms with E-state index in [1.807, 2.05) is 18.7 Å². The number of amides is 2. The molecule has 4 heteroatoms. The molecule has 2 aliphatic rings. The van der Waals surface area contributed by atoms with E-state index in [1.165, 1.54) is 0 Å². The smallest absolute Gasteiger partial charge is 0.317 e. The topological polar surface area (TPSA) is 44.4 Å². The van der Waals surface area contributed by atoms with E-state index in [-0.39, 0.29) is 12.1 Å². The molecule has 0 aromatic heterocycles. The zero-order valence-corrected chi connectivity index (χ0v) is 8.97. The number of nitrogens with one attached hydrogen (secondary N) is 2. The van der Waals surface area contributed by atoms with Gasteiger partial charge in [-0.1, -0.05) is 0 Å². The van der Waals surface area contributed by atoms with Crippen LogP contribution in [0.2, 0.25) is 0 Å². The summed E-state index contributed by atoms with van der Waals surface area (Å²) in [6.45, 7) is 8.00. The summed E-state index contributed by atoms with van der Waals surface area (Å²) in [6, 6.07) is 0.336. The zero-order valence-electron chi connectivity index (χ0n) is 8.97. The van der Waals surface area contributed by atoms with Crippen molar-refractivity contribution in [1.82, 2.24) is 15.5 Å². The van der Waals surface area contributed by atoms with Gasteiger partial charge in [0.2, 0.25) is 0 Å². The minimum atomic E-state index is 0.101. The fraction of sp³-hybridized carbons (Fsp3) is 0.900. The molecule has 0 unspecified atom stereocenters. The Morgan fingerprint density at radius 3 is 2.64 bits per heavy atom. The second-order valence-electron chi connectivity index (χ2n) is 4.88. The van der Waals surface area contributed by atoms with Gasteiger partial charge in [0.15, 0.2) is 0 Å². The summed E-state index contributed by atoms with van der Waals surface area (Å²) in [5, 5.41) is 6.22. The van der Waals surface area contributed by atoms with E-state index in [2.05, 4.69) is 10.6 Å². The number of carbonyl (C=O) groups is 1. The highest BCUT2D eigenvalue weighted by atomic mass is 16.2. The molecule has 4 nitrogen and oxygen atoms in total. The van der Waals surface area contributed by atoms with Crippen molar-refractivity contribution < 1.29 is 4.79 Å². The van der Waals surface area contributed by atoms with Crippen LogP contribution < -0.4 is 10.6 Å². The van der Waals surface area contributed by atoms with E-state index >= 15 is 0 Å². The first-order chi connectivity index (χ1) is 6.61. The van der Waals surface area contributed by atoms with Gasteiger partial charge in [0, 0.05) is 37.6 Å². The first-order valence-electron chi connectivity index (χ1n) is 5.37. The standard InChI is InChI=1S/C10H19N3O/c1-8(2)12-9(14)13-4-3-10(7-13)5-11-6-10/h8,11H,3-7H2,1-2H3,(H,12,14). The monoisotopic (exact) mass is 197 g/mol. The highest BCUT2D eigenvalue weighted by molar-refractivity contribution is 5.74. The van der Waals surface area contributed by atoms with E-state index in [0.29, 0.717) is 5.41 Å². The predicted octanol–water partition coefficient (Wildman–Crippen LogP) is 0.400. The van der Waals surface area contributed by atoms with Gasteiger partial charge in [-0.05, 0) is 20.3 Å². The van der Waals surface area contributed by atoms with E-state index in [1.54, 1.807) is 0 Å². The molecule has 80 valence electrons. The molecule has 0 bridgehead atoms. The van der Waals surface area contributed by atoms with Gasteiger partial charge >= 0.3 is 6.03 Å². The van der Waals surface area contributed by atoms with Crippen molar-refractivity contribution in [2.75, 3.05) is 26.2 Å². The Morgan fingerprint density at radius 2 is 2.21 bits per heavy atom. The van der Waals surface area contributed by atoms with Crippen LogP contribution in [-0.4, -0.2) is 43.2 Å². The average Bonchev–Trinajstić information content (AvgIpc) is 2.45. The minimum Gasteiger partial charge on any atom is -0.336 e. The van der Waals surface area contributed by atoms with Gasteiger partial charge in [-0.3, -0.25) is 0 Å². The van der Waals surface area contributed by atoms with E-state index in [9.17, 15) is 4.79 Å². The number of rotatable bonds is 1. The highest BCUT2D eigenvalue weighted by Crippen LogP contribution is 2.33. The lowest BCUT2D eigenvalue weighted by molar-refractivity contribution is 0.165. The fourth-order valence-corrected chi connectivity index (χ4v) is 2.21. The first-order valence-corrected chi connectivity index (χ1v) is 5.37. The van der Waals surface area contributed by atoms with E-state index < -0.39 is 0 Å². The largest absolute Gasteiger partial charge is 0.336 e. The van der Waals surface area contributed by atoms with Crippen LogP contribution in [0.25, 0.3) is 0 Å². The van der Waals surface area contributed by atoms with Gasteiger partial charge in [-0.2, -0.15) is 0 Å². The maximum Gasteiger partial charge on any atom is 0.317 e. The fourth-order valence-electron chi connectivity index (χ4n) is 2.21. The highest BCUT2D eigenvalue weighted by Gasteiger charge is 2.44. The molecule has 0 aromatic carbocycles. The van der Waals surface area contributed by atoms with Crippen molar-refractivity contribution >= 4 is 6.03 Å². The molecule has 2 aliphatic heterocycles. The Kier molecular flexibility index (Phi) is 2.39. The average molecular weight is 197 g/mol. The van der Waals surface area contributed by atoms with Crippen molar-refractivity contribution in [2.24, 2.45) is 5.41 Å². The van der Waals surface area contributed by atoms with Gasteiger partial charge in [0.1, 0.15) is 0 Å². The number of carbonyl (C=O) groups excluding carboxylic acids is 1. The summed E-state index contributed by atoms with van der Waals surface area (Å²) in [6.07, 6.45) is 1.16. The lowest BCUT2D eigenvalue weighted by Gasteiger charge is -2.39. The quantitative estimate of drug-likeness (QED) is 0.639. The van der Waals surface area contributed by atoms with Crippen molar-refractivity contribution in [3.63, 3.8) is 0 Å². The molecule has 2 amide bonds. The van der Waals surface area contributed by atoms with Crippen molar-refractivity contribution in [1.29, 1.82) is 0 Å². The van der Waals surface area contributed by atoms with Gasteiger partial charge in [-0.15, -0.1) is 0 Å². The number of likely N-dealkylation sites (tertiary alicyclic amines) is 1. The molecule has 0 saturated carbocycles. The third-order valence-corrected chi connectivity index (χ3v) is 3.14. The Hall–Kier alpha value is -0.770. The summed E-state index contributed by atoms with van der Waals surface area (Å²) in [7, 11) is 0. The molecule has 2 rings (SSSR count). The molecular weight excluding hydrogens is 178 g/mol. The third-order valence-electron chi connectivity index (χ3n) is 3.14. The molecule has 2 saturated heterocycles. The van der Waals surface area contributed by atoms with Gasteiger partial charge in [0.25, 0.3) is 0 Å². The van der Waals surface area contributed by atoms with Crippen LogP contribution >= 0.6 is 0 Å². The second kappa shape index (κ2) is 3.42. The SMILES string of the molecule is CC(C)NC(=O)N1CCC2(CNC2)C1. The normalized spacial score (nSPS) is 24.1. The Morgan fingerprint density at radius 1 is 1.50 bits per heavy atom. The lowest BCUT2D eigenvalue weighted by Crippen LogP contribution is -2.55. The summed E-state index contributed by atoms with van der Waals surface area (Å²) in [4.78, 5) is 13.6. The van der Waals surface area contributed by atoms with Crippen LogP contribution in [0.3, 0.4) is 0 Å². The predicted molar refractivity (Wildman–Crippen MR) is 55.2 cm³/mol. The van der Waals surface area contributed by atoms with Crippen LogP contribution in [0.15, 0.2) is 0 Å². The number of hydrogen-bond acceptors (Lipinski definition) is 2. The van der Waals surface area contributed by atoms with Crippen LogP contribution in [0.1, 0.15) is 20.3 Å². The number of nitrogens with zero attached hydrogens (tertiary/aromatic N) is 1. The van der Waals surface area contributed by atoms with Crippen LogP contribution in [0.4, 0.5) is 4.79 Å². The Bertz CT molecular complexity index is 236. The Labute approximate surface area is 85.0 Å². The summed E-state index contributed by atoms with van der Waals surface area (Å²) in [5.41, 5.74) is 0.411. The van der Waals surface area contributed by atoms with Crippen molar-refractivity contribution in [3.05, 3.63) is 0 Å². The van der Waals surface area contributed by atoms with Gasteiger partial charge in [-0.25, -0.2) is 4.79 Å². The second-order valence-corrected chi connectivity index (χ2v) is 4.88. The minimum absolute atomic E-state index is 0.101. The van der Waals surface area contributed by atoms with Crippen molar-refractivity contribution in [3.8, 4) is 0 Å². The first kappa shape index (κ1) is 9.77. The molecule has 2 heterocycles. The van der Waals surface area contributed by atoms with Crippen LogP contribution in [-0.2, 0) is 0 Å². The van der Waals surface area contributed by atoms with E-state index in [0.717, 1.165) is 32.6 Å². The molecule has 0 radical (unpaired) electrons. The third kappa shape index (κ3) is 1.71. The summed E-state index contributed by atoms with van der Waals surface area (Å²) >= 11 is 0. The molecule has 0 aromatic rings. The number of hydrogen-bond donors (Lipinski definition) is 2. The Balaban J connectivity index is 1.85. The molecule has 1 spiro atoms. The van der Waals surface area contributed by atoms with Crippen molar-refractivity contribution in [2.45, 2.75) is 26.3 Å². The van der Waals surface area contributed by atoms with Gasteiger partial charge in [0.05, 0.1) is 0 Å². The van der Waals surface area contributed by atoms with Crippen LogP contribution in [0, 0.1) is 5.41 Å². The maximum atomic E-state index is 11.7. The molecular formula is C10H19N3O.